The molecule has 164 valence electrons. The van der Waals surface area contributed by atoms with Gasteiger partial charge in [0.1, 0.15) is 5.82 Å². The molecule has 31 heavy (non-hydrogen) atoms. The van der Waals surface area contributed by atoms with Crippen LogP contribution in [0.4, 0.5) is 5.82 Å². The average Bonchev–Trinajstić information content (AvgIpc) is 3.41. The number of fused-ring (bicyclic) bond motifs is 1. The normalized spacial score (nSPS) is 20.0. The third-order valence-corrected chi connectivity index (χ3v) is 7.30. The van der Waals surface area contributed by atoms with Gasteiger partial charge in [-0.25, -0.2) is 9.78 Å². The Labute approximate surface area is 183 Å². The number of anilines is 1. The lowest BCUT2D eigenvalue weighted by molar-refractivity contribution is 0.0467. The molecule has 0 bridgehead atoms. The van der Waals surface area contributed by atoms with Crippen molar-refractivity contribution in [1.29, 1.82) is 0 Å². The summed E-state index contributed by atoms with van der Waals surface area (Å²) < 4.78 is 7.25. The second-order valence-electron chi connectivity index (χ2n) is 8.27. The lowest BCUT2D eigenvalue weighted by Crippen LogP contribution is -2.34. The standard InChI is InChI=1S/C22H27N5O3S/c28-21-17(13-24-22(29)25-21)19-12-16-18(31-19)4-6-23-20(16)27-9-5-15(14-27)30-11-10-26-7-2-1-3-8-26/h4,6,12-13,15H,1-3,5,7-11,14H2,(H2,24,25,28,29). The Hall–Kier alpha value is -2.49. The topological polar surface area (TPSA) is 94.3 Å². The van der Waals surface area contributed by atoms with Crippen LogP contribution in [0.1, 0.15) is 25.7 Å². The summed E-state index contributed by atoms with van der Waals surface area (Å²) in [7, 11) is 0. The summed E-state index contributed by atoms with van der Waals surface area (Å²) in [5.74, 6) is 0.933. The summed E-state index contributed by atoms with van der Waals surface area (Å²) in [5, 5.41) is 1.03. The predicted octanol–water partition coefficient (Wildman–Crippen LogP) is 2.42. The first-order chi connectivity index (χ1) is 15.2. The van der Waals surface area contributed by atoms with Crippen molar-refractivity contribution in [3.63, 3.8) is 0 Å². The SMILES string of the molecule is O=c1[nH]cc(-c2cc3c(N4CCC(OCCN5CCCCC5)C4)nccc3s2)c(=O)[nH]1. The number of hydrogen-bond donors (Lipinski definition) is 2. The molecular weight excluding hydrogens is 414 g/mol. The maximum atomic E-state index is 12.2. The van der Waals surface area contributed by atoms with Crippen LogP contribution in [0.3, 0.4) is 0 Å². The summed E-state index contributed by atoms with van der Waals surface area (Å²) in [5.41, 5.74) is -0.416. The first-order valence-electron chi connectivity index (χ1n) is 11.0. The number of thiophene rings is 1. The van der Waals surface area contributed by atoms with E-state index in [2.05, 4.69) is 24.8 Å². The fraction of sp³-hybridized carbons (Fsp3) is 0.500. The zero-order valence-electron chi connectivity index (χ0n) is 17.4. The van der Waals surface area contributed by atoms with E-state index in [1.165, 1.54) is 49.9 Å². The van der Waals surface area contributed by atoms with Gasteiger partial charge in [-0.05, 0) is 44.5 Å². The van der Waals surface area contributed by atoms with Crippen LogP contribution in [-0.2, 0) is 4.74 Å². The van der Waals surface area contributed by atoms with E-state index in [0.29, 0.717) is 5.56 Å². The van der Waals surface area contributed by atoms with Gasteiger partial charge in [0.2, 0.25) is 0 Å². The molecule has 8 nitrogen and oxygen atoms in total. The Kier molecular flexibility index (Phi) is 5.89. The fourth-order valence-corrected chi connectivity index (χ4v) is 5.58. The number of likely N-dealkylation sites (tertiary alicyclic amines) is 1. The van der Waals surface area contributed by atoms with Crippen LogP contribution in [0.15, 0.2) is 34.1 Å². The monoisotopic (exact) mass is 441 g/mol. The van der Waals surface area contributed by atoms with Gasteiger partial charge in [-0.3, -0.25) is 9.78 Å². The molecule has 2 saturated heterocycles. The Morgan fingerprint density at radius 1 is 1.19 bits per heavy atom. The minimum Gasteiger partial charge on any atom is -0.375 e. The molecule has 0 amide bonds. The van der Waals surface area contributed by atoms with Crippen molar-refractivity contribution in [3.05, 3.63) is 45.4 Å². The minimum absolute atomic E-state index is 0.224. The second kappa shape index (κ2) is 8.94. The van der Waals surface area contributed by atoms with Crippen molar-refractivity contribution in [3.8, 4) is 10.4 Å². The van der Waals surface area contributed by atoms with Gasteiger partial charge in [-0.15, -0.1) is 11.3 Å². The molecule has 2 fully saturated rings. The van der Waals surface area contributed by atoms with Crippen molar-refractivity contribution in [2.75, 3.05) is 44.2 Å². The van der Waals surface area contributed by atoms with Crippen LogP contribution in [0.25, 0.3) is 20.5 Å². The first kappa shape index (κ1) is 20.4. The number of nitrogens with zero attached hydrogens (tertiary/aromatic N) is 3. The van der Waals surface area contributed by atoms with Crippen LogP contribution < -0.4 is 16.1 Å². The van der Waals surface area contributed by atoms with E-state index < -0.39 is 5.69 Å². The first-order valence-corrected chi connectivity index (χ1v) is 11.8. The lowest BCUT2D eigenvalue weighted by atomic mass is 10.1. The average molecular weight is 442 g/mol. The van der Waals surface area contributed by atoms with E-state index in [9.17, 15) is 9.59 Å². The van der Waals surface area contributed by atoms with Crippen LogP contribution in [0.2, 0.25) is 0 Å². The maximum Gasteiger partial charge on any atom is 0.325 e. The molecule has 2 aliphatic heterocycles. The quantitative estimate of drug-likeness (QED) is 0.610. The van der Waals surface area contributed by atoms with E-state index in [4.69, 9.17) is 4.74 Å². The number of hydrogen-bond acceptors (Lipinski definition) is 7. The summed E-state index contributed by atoms with van der Waals surface area (Å²) in [6, 6.07) is 3.96. The fourth-order valence-electron chi connectivity index (χ4n) is 4.51. The van der Waals surface area contributed by atoms with Crippen molar-refractivity contribution in [2.24, 2.45) is 0 Å². The van der Waals surface area contributed by atoms with Crippen LogP contribution >= 0.6 is 11.3 Å². The molecule has 0 aliphatic carbocycles. The van der Waals surface area contributed by atoms with Gasteiger partial charge in [0, 0.05) is 47.0 Å². The van der Waals surface area contributed by atoms with Crippen LogP contribution in [0, 0.1) is 0 Å². The molecule has 2 aliphatic rings. The number of pyridine rings is 1. The molecule has 1 atom stereocenters. The minimum atomic E-state index is -0.499. The molecule has 0 radical (unpaired) electrons. The van der Waals surface area contributed by atoms with Crippen molar-refractivity contribution >= 4 is 27.2 Å². The van der Waals surface area contributed by atoms with Gasteiger partial charge in [0.25, 0.3) is 5.56 Å². The number of nitrogens with one attached hydrogen (secondary N) is 2. The Bertz CT molecular complexity index is 1160. The van der Waals surface area contributed by atoms with Gasteiger partial charge in [0.05, 0.1) is 18.3 Å². The third-order valence-electron chi connectivity index (χ3n) is 6.16. The van der Waals surface area contributed by atoms with Crippen molar-refractivity contribution in [2.45, 2.75) is 31.8 Å². The Balaban J connectivity index is 1.28. The molecule has 1 unspecified atom stereocenters. The van der Waals surface area contributed by atoms with E-state index >= 15 is 0 Å². The highest BCUT2D eigenvalue weighted by Crippen LogP contribution is 2.37. The summed E-state index contributed by atoms with van der Waals surface area (Å²) in [4.78, 5) is 38.6. The summed E-state index contributed by atoms with van der Waals surface area (Å²) in [6.45, 7) is 5.94. The van der Waals surface area contributed by atoms with Crippen molar-refractivity contribution < 1.29 is 4.74 Å². The summed E-state index contributed by atoms with van der Waals surface area (Å²) in [6.07, 6.45) is 8.48. The highest BCUT2D eigenvalue weighted by molar-refractivity contribution is 7.22. The molecule has 2 N–H and O–H groups in total. The number of rotatable bonds is 6. The van der Waals surface area contributed by atoms with Gasteiger partial charge in [0.15, 0.2) is 0 Å². The maximum absolute atomic E-state index is 12.2. The highest BCUT2D eigenvalue weighted by atomic mass is 32.1. The van der Waals surface area contributed by atoms with Crippen LogP contribution in [0.5, 0.6) is 0 Å². The second-order valence-corrected chi connectivity index (χ2v) is 9.36. The van der Waals surface area contributed by atoms with E-state index in [0.717, 1.165) is 53.4 Å². The van der Waals surface area contributed by atoms with Crippen molar-refractivity contribution in [1.82, 2.24) is 19.9 Å². The number of aromatic nitrogens is 3. The number of H-pyrrole nitrogens is 2. The van der Waals surface area contributed by atoms with Gasteiger partial charge >= 0.3 is 5.69 Å². The lowest BCUT2D eigenvalue weighted by Gasteiger charge is -2.26. The molecule has 0 aromatic carbocycles. The molecule has 0 saturated carbocycles. The number of aromatic amines is 2. The largest absolute Gasteiger partial charge is 0.375 e. The Morgan fingerprint density at radius 2 is 2.06 bits per heavy atom. The molecule has 5 rings (SSSR count). The van der Waals surface area contributed by atoms with Gasteiger partial charge in [-0.1, -0.05) is 6.42 Å². The van der Waals surface area contributed by atoms with E-state index in [1.807, 2.05) is 18.3 Å². The van der Waals surface area contributed by atoms with E-state index in [1.54, 1.807) is 0 Å². The van der Waals surface area contributed by atoms with Gasteiger partial charge in [-0.2, -0.15) is 0 Å². The zero-order valence-corrected chi connectivity index (χ0v) is 18.2. The van der Waals surface area contributed by atoms with Gasteiger partial charge < -0.3 is 19.5 Å². The highest BCUT2D eigenvalue weighted by Gasteiger charge is 2.26. The number of ether oxygens (including phenoxy) is 1. The molecule has 9 heteroatoms. The molecule has 3 aromatic heterocycles. The smallest absolute Gasteiger partial charge is 0.325 e. The molecule has 3 aromatic rings. The van der Waals surface area contributed by atoms with Crippen LogP contribution in [-0.4, -0.2) is 65.3 Å². The number of piperidine rings is 1. The third kappa shape index (κ3) is 4.44. The zero-order chi connectivity index (χ0) is 21.2. The molecule has 0 spiro atoms. The van der Waals surface area contributed by atoms with E-state index in [-0.39, 0.29) is 11.7 Å². The molecule has 5 heterocycles. The Morgan fingerprint density at radius 3 is 2.90 bits per heavy atom. The summed E-state index contributed by atoms with van der Waals surface area (Å²) >= 11 is 1.53. The molecular formula is C22H27N5O3S. The predicted molar refractivity (Wildman–Crippen MR) is 123 cm³/mol.